The number of hydrogen-bond acceptors (Lipinski definition) is 10. The first kappa shape index (κ1) is 25.0. The van der Waals surface area contributed by atoms with Crippen LogP contribution in [0.2, 0.25) is 0 Å². The van der Waals surface area contributed by atoms with Crippen LogP contribution in [0, 0.1) is 0 Å². The Bertz CT molecular complexity index is 1300. The monoisotopic (exact) mass is 543 g/mol. The second kappa shape index (κ2) is 10.7. The number of nitrogens with zero attached hydrogens (tertiary/aromatic N) is 2. The van der Waals surface area contributed by atoms with Crippen molar-refractivity contribution in [2.45, 2.75) is 25.0 Å². The molecule has 2 aromatic heterocycles. The molecule has 0 aliphatic carbocycles. The van der Waals surface area contributed by atoms with E-state index in [1.54, 1.807) is 30.3 Å². The van der Waals surface area contributed by atoms with E-state index in [-0.39, 0.29) is 28.3 Å². The van der Waals surface area contributed by atoms with Crippen molar-refractivity contribution in [3.05, 3.63) is 51.2 Å². The third kappa shape index (κ3) is 5.10. The Morgan fingerprint density at radius 2 is 1.97 bits per heavy atom. The predicted molar refractivity (Wildman–Crippen MR) is 138 cm³/mol. The van der Waals surface area contributed by atoms with Gasteiger partial charge in [-0.3, -0.25) is 19.3 Å². The molecule has 0 spiro atoms. The smallest absolute Gasteiger partial charge is 0.273 e. The molecule has 1 aromatic carbocycles. The fourth-order valence-corrected chi connectivity index (χ4v) is 5.80. The summed E-state index contributed by atoms with van der Waals surface area (Å²) < 4.78 is 21.0. The number of nitrogens with two attached hydrogens (primary N) is 2. The number of anilines is 2. The van der Waals surface area contributed by atoms with Crippen molar-refractivity contribution in [3.63, 3.8) is 0 Å². The van der Waals surface area contributed by atoms with Gasteiger partial charge in [-0.1, -0.05) is 6.07 Å². The number of aromatic nitrogens is 1. The highest BCUT2D eigenvalue weighted by molar-refractivity contribution is 7.10. The standard InChI is InChI=1S/C24H25N5O6S2/c25-18-19(22(26)30)28-37-21(18)24(32)29(13-5-6-15-16(11-13)35-9-8-34-15)20(17-4-2-10-36-17)23(31)27-12-14-3-1-7-33-14/h2,4-6,10-11,14,20H,1,3,7-9,12,25H2,(H2,26,30)(H,27,31)/t14-,20+/m0/s1. The third-order valence-corrected chi connectivity index (χ3v) is 7.80. The molecule has 0 bridgehead atoms. The first-order valence-corrected chi connectivity index (χ1v) is 13.3. The summed E-state index contributed by atoms with van der Waals surface area (Å²) in [5.74, 6) is -0.861. The van der Waals surface area contributed by atoms with Crippen LogP contribution in [0.5, 0.6) is 11.5 Å². The third-order valence-electron chi connectivity index (χ3n) is 6.03. The van der Waals surface area contributed by atoms with Gasteiger partial charge in [0.1, 0.15) is 18.1 Å². The summed E-state index contributed by atoms with van der Waals surface area (Å²) in [6.07, 6.45) is 1.70. The second-order valence-corrected chi connectivity index (χ2v) is 10.2. The summed E-state index contributed by atoms with van der Waals surface area (Å²) in [7, 11) is 0. The molecule has 11 nitrogen and oxygen atoms in total. The zero-order valence-corrected chi connectivity index (χ0v) is 21.3. The Kier molecular flexibility index (Phi) is 7.26. The molecule has 1 saturated heterocycles. The maximum absolute atomic E-state index is 14.1. The number of rotatable bonds is 8. The molecule has 4 heterocycles. The Balaban J connectivity index is 1.57. The number of carbonyl (C=O) groups excluding carboxylic acids is 3. The van der Waals surface area contributed by atoms with Crippen molar-refractivity contribution in [3.8, 4) is 11.5 Å². The SMILES string of the molecule is NC(=O)c1nsc(C(=O)N(c2ccc3c(c2)OCCO3)[C@@H](C(=O)NC[C@@H]2CCCO2)c2cccs2)c1N. The molecular formula is C24H25N5O6S2. The number of carbonyl (C=O) groups is 3. The lowest BCUT2D eigenvalue weighted by atomic mass is 10.1. The molecule has 0 unspecified atom stereocenters. The molecule has 3 aromatic rings. The molecule has 37 heavy (non-hydrogen) atoms. The summed E-state index contributed by atoms with van der Waals surface area (Å²) in [5, 5.41) is 4.77. The van der Waals surface area contributed by atoms with E-state index in [4.69, 9.17) is 25.7 Å². The predicted octanol–water partition coefficient (Wildman–Crippen LogP) is 2.34. The average Bonchev–Trinajstić information content (AvgIpc) is 3.68. The minimum atomic E-state index is -1.05. The van der Waals surface area contributed by atoms with Gasteiger partial charge in [-0.2, -0.15) is 4.37 Å². The van der Waals surface area contributed by atoms with Gasteiger partial charge in [0, 0.05) is 29.8 Å². The highest BCUT2D eigenvalue weighted by Crippen LogP contribution is 2.39. The lowest BCUT2D eigenvalue weighted by Gasteiger charge is -2.31. The zero-order chi connectivity index (χ0) is 25.9. The Labute approximate surface area is 220 Å². The summed E-state index contributed by atoms with van der Waals surface area (Å²) >= 11 is 2.09. The number of primary amides is 1. The largest absolute Gasteiger partial charge is 0.486 e. The Morgan fingerprint density at radius 3 is 2.65 bits per heavy atom. The van der Waals surface area contributed by atoms with Crippen LogP contribution in [0.1, 0.15) is 43.9 Å². The number of thiophene rings is 1. The maximum atomic E-state index is 14.1. The van der Waals surface area contributed by atoms with Crippen LogP contribution in [0.4, 0.5) is 11.4 Å². The van der Waals surface area contributed by atoms with Crippen LogP contribution in [0.15, 0.2) is 35.7 Å². The van der Waals surface area contributed by atoms with E-state index in [0.717, 1.165) is 24.4 Å². The minimum Gasteiger partial charge on any atom is -0.486 e. The topological polar surface area (TPSA) is 159 Å². The normalized spacial score (nSPS) is 17.2. The van der Waals surface area contributed by atoms with E-state index >= 15 is 0 Å². The van der Waals surface area contributed by atoms with Crippen molar-refractivity contribution < 1.29 is 28.6 Å². The van der Waals surface area contributed by atoms with Crippen molar-refractivity contribution in [2.75, 3.05) is 37.0 Å². The van der Waals surface area contributed by atoms with Crippen LogP contribution < -0.4 is 31.2 Å². The highest BCUT2D eigenvalue weighted by Gasteiger charge is 2.37. The van der Waals surface area contributed by atoms with Gasteiger partial charge in [0.2, 0.25) is 5.91 Å². The summed E-state index contributed by atoms with van der Waals surface area (Å²) in [6, 6.07) is 7.54. The van der Waals surface area contributed by atoms with Gasteiger partial charge in [-0.05, 0) is 48.0 Å². The number of fused-ring (bicyclic) bond motifs is 1. The molecule has 3 amide bonds. The second-order valence-electron chi connectivity index (χ2n) is 8.44. The van der Waals surface area contributed by atoms with E-state index < -0.39 is 17.9 Å². The molecular weight excluding hydrogens is 518 g/mol. The van der Waals surface area contributed by atoms with Crippen molar-refractivity contribution in [1.82, 2.24) is 9.69 Å². The van der Waals surface area contributed by atoms with Crippen LogP contribution in [0.3, 0.4) is 0 Å². The molecule has 2 aliphatic heterocycles. The number of nitrogens with one attached hydrogen (secondary N) is 1. The number of benzene rings is 1. The van der Waals surface area contributed by atoms with E-state index in [9.17, 15) is 14.4 Å². The lowest BCUT2D eigenvalue weighted by Crippen LogP contribution is -2.45. The van der Waals surface area contributed by atoms with Gasteiger partial charge in [-0.15, -0.1) is 11.3 Å². The Morgan fingerprint density at radius 1 is 1.16 bits per heavy atom. The molecule has 194 valence electrons. The fourth-order valence-electron chi connectivity index (χ4n) is 4.24. The molecule has 13 heteroatoms. The van der Waals surface area contributed by atoms with Crippen molar-refractivity contribution in [2.24, 2.45) is 5.73 Å². The number of ether oxygens (including phenoxy) is 3. The van der Waals surface area contributed by atoms with Crippen LogP contribution in [-0.4, -0.2) is 54.6 Å². The van der Waals surface area contributed by atoms with Gasteiger partial charge >= 0.3 is 0 Å². The average molecular weight is 544 g/mol. The van der Waals surface area contributed by atoms with E-state index in [1.807, 2.05) is 5.38 Å². The lowest BCUT2D eigenvalue weighted by molar-refractivity contribution is -0.122. The van der Waals surface area contributed by atoms with Gasteiger partial charge in [0.15, 0.2) is 23.2 Å². The summed E-state index contributed by atoms with van der Waals surface area (Å²) in [6.45, 7) is 1.73. The van der Waals surface area contributed by atoms with Gasteiger partial charge < -0.3 is 31.0 Å². The van der Waals surface area contributed by atoms with E-state index in [1.165, 1.54) is 16.2 Å². The molecule has 5 N–H and O–H groups in total. The van der Waals surface area contributed by atoms with Crippen LogP contribution in [-0.2, 0) is 9.53 Å². The van der Waals surface area contributed by atoms with Gasteiger partial charge in [-0.25, -0.2) is 0 Å². The number of amides is 3. The molecule has 2 aliphatic rings. The Hall–Kier alpha value is -3.68. The molecule has 0 radical (unpaired) electrons. The number of hydrogen-bond donors (Lipinski definition) is 3. The quantitative estimate of drug-likeness (QED) is 0.390. The molecule has 1 fully saturated rings. The molecule has 2 atom stereocenters. The van der Waals surface area contributed by atoms with Gasteiger partial charge in [0.05, 0.1) is 11.8 Å². The van der Waals surface area contributed by atoms with E-state index in [2.05, 4.69) is 9.69 Å². The maximum Gasteiger partial charge on any atom is 0.273 e. The molecule has 5 rings (SSSR count). The fraction of sp³-hybridized carbons (Fsp3) is 0.333. The molecule has 0 saturated carbocycles. The first-order chi connectivity index (χ1) is 17.9. The number of nitrogen functional groups attached to an aromatic ring is 1. The van der Waals surface area contributed by atoms with Gasteiger partial charge in [0.25, 0.3) is 11.8 Å². The highest BCUT2D eigenvalue weighted by atomic mass is 32.1. The first-order valence-electron chi connectivity index (χ1n) is 11.6. The van der Waals surface area contributed by atoms with Crippen LogP contribution in [0.25, 0.3) is 0 Å². The van der Waals surface area contributed by atoms with Crippen molar-refractivity contribution >= 4 is 52.0 Å². The van der Waals surface area contributed by atoms with Crippen molar-refractivity contribution in [1.29, 1.82) is 0 Å². The van der Waals surface area contributed by atoms with E-state index in [0.29, 0.717) is 48.4 Å². The zero-order valence-electron chi connectivity index (χ0n) is 19.7. The summed E-state index contributed by atoms with van der Waals surface area (Å²) in [5.41, 5.74) is 11.5. The summed E-state index contributed by atoms with van der Waals surface area (Å²) in [4.78, 5) is 41.5. The van der Waals surface area contributed by atoms with Crippen LogP contribution >= 0.6 is 22.9 Å². The minimum absolute atomic E-state index is 0.00262.